The predicted molar refractivity (Wildman–Crippen MR) is 87.4 cm³/mol. The lowest BCUT2D eigenvalue weighted by Gasteiger charge is -2.21. The third-order valence-electron chi connectivity index (χ3n) is 3.44. The van der Waals surface area contributed by atoms with Gasteiger partial charge < -0.3 is 15.1 Å². The molecule has 0 aliphatic heterocycles. The summed E-state index contributed by atoms with van der Waals surface area (Å²) in [5.41, 5.74) is 1.95. The fourth-order valence-electron chi connectivity index (χ4n) is 2.16. The number of benzene rings is 2. The Morgan fingerprint density at radius 1 is 1.13 bits per heavy atom. The fourth-order valence-corrected chi connectivity index (χ4v) is 3.03. The zero-order valence-corrected chi connectivity index (χ0v) is 13.5. The van der Waals surface area contributed by atoms with Crippen LogP contribution in [-0.4, -0.2) is 14.7 Å². The van der Waals surface area contributed by atoms with Gasteiger partial charge in [-0.25, -0.2) is 0 Å². The number of rotatable bonds is 5. The summed E-state index contributed by atoms with van der Waals surface area (Å²) >= 11 is 0. The second kappa shape index (κ2) is 6.50. The summed E-state index contributed by atoms with van der Waals surface area (Å²) in [7, 11) is -4.57. The van der Waals surface area contributed by atoms with Gasteiger partial charge in [0, 0.05) is 17.3 Å². The number of nitrogens with zero attached hydrogens (tertiary/aromatic N) is 1. The predicted octanol–water partition coefficient (Wildman–Crippen LogP) is 3.50. The van der Waals surface area contributed by atoms with Gasteiger partial charge in [-0.15, -0.1) is 0 Å². The summed E-state index contributed by atoms with van der Waals surface area (Å²) in [6.07, 6.45) is 0. The molecule has 8 heteroatoms. The van der Waals surface area contributed by atoms with Crippen LogP contribution >= 0.6 is 7.60 Å². The van der Waals surface area contributed by atoms with Crippen LogP contribution in [-0.2, 0) is 4.57 Å². The highest BCUT2D eigenvalue weighted by atomic mass is 31.2. The number of hydrogen-bond acceptors (Lipinski definition) is 4. The Bertz CT molecular complexity index is 770. The molecule has 0 spiro atoms. The molecule has 0 aromatic heterocycles. The lowest BCUT2D eigenvalue weighted by Crippen LogP contribution is -2.12. The number of nitro benzene ring substituents is 1. The lowest BCUT2D eigenvalue weighted by atomic mass is 10.1. The van der Waals surface area contributed by atoms with Crippen LogP contribution in [0.1, 0.15) is 22.5 Å². The summed E-state index contributed by atoms with van der Waals surface area (Å²) in [6.45, 7) is 3.47. The van der Waals surface area contributed by atoms with Crippen molar-refractivity contribution in [1.82, 2.24) is 0 Å². The van der Waals surface area contributed by atoms with E-state index in [9.17, 15) is 24.5 Å². The van der Waals surface area contributed by atoms with Gasteiger partial charge in [0.05, 0.1) is 4.92 Å². The topological polar surface area (TPSA) is 113 Å². The van der Waals surface area contributed by atoms with Crippen LogP contribution in [0.4, 0.5) is 11.4 Å². The monoisotopic (exact) mass is 336 g/mol. The first-order valence-corrected chi connectivity index (χ1v) is 8.50. The van der Waals surface area contributed by atoms with Crippen LogP contribution in [0.3, 0.4) is 0 Å². The van der Waals surface area contributed by atoms with E-state index in [-0.39, 0.29) is 11.3 Å². The highest BCUT2D eigenvalue weighted by Gasteiger charge is 2.32. The molecule has 7 nitrogen and oxygen atoms in total. The van der Waals surface area contributed by atoms with Crippen molar-refractivity contribution in [2.75, 3.05) is 5.32 Å². The molecule has 0 aliphatic carbocycles. The smallest absolute Gasteiger partial charge is 0.352 e. The van der Waals surface area contributed by atoms with Gasteiger partial charge in [0.1, 0.15) is 0 Å². The zero-order valence-electron chi connectivity index (χ0n) is 12.6. The molecule has 0 bridgehead atoms. The number of nitrogens with one attached hydrogen (secondary N) is 1. The largest absolute Gasteiger partial charge is 0.368 e. The third kappa shape index (κ3) is 4.16. The van der Waals surface area contributed by atoms with Gasteiger partial charge >= 0.3 is 7.60 Å². The van der Waals surface area contributed by atoms with Crippen LogP contribution in [0, 0.1) is 24.0 Å². The minimum Gasteiger partial charge on any atom is -0.368 e. The standard InChI is InChI=1S/C15H17N2O5P/c1-10-3-7-13(8-4-10)16-15(23(20,21)22)12-6-5-11(2)14(9-12)17(18)19/h3-9,15-16H,1-2H3,(H2,20,21,22)/t15-/m1/s1. The number of nitro groups is 1. The molecule has 3 N–H and O–H groups in total. The van der Waals surface area contributed by atoms with Gasteiger partial charge in [-0.05, 0) is 31.5 Å². The van der Waals surface area contributed by atoms with Crippen molar-refractivity contribution in [2.24, 2.45) is 0 Å². The molecule has 0 saturated carbocycles. The Kier molecular flexibility index (Phi) is 4.85. The Morgan fingerprint density at radius 2 is 1.74 bits per heavy atom. The van der Waals surface area contributed by atoms with E-state index in [4.69, 9.17) is 0 Å². The molecule has 0 unspecified atom stereocenters. The molecular weight excluding hydrogens is 319 g/mol. The molecule has 0 heterocycles. The Morgan fingerprint density at radius 3 is 2.26 bits per heavy atom. The van der Waals surface area contributed by atoms with Crippen molar-refractivity contribution in [3.8, 4) is 0 Å². The molecule has 0 aliphatic rings. The van der Waals surface area contributed by atoms with E-state index in [0.29, 0.717) is 11.3 Å². The van der Waals surface area contributed by atoms with Crippen molar-refractivity contribution in [2.45, 2.75) is 19.6 Å². The molecule has 2 rings (SSSR count). The molecule has 1 atom stereocenters. The molecule has 0 fully saturated rings. The maximum Gasteiger partial charge on any atom is 0.352 e. The first-order valence-electron chi connectivity index (χ1n) is 6.82. The fraction of sp³-hybridized carbons (Fsp3) is 0.200. The lowest BCUT2D eigenvalue weighted by molar-refractivity contribution is -0.385. The Hall–Kier alpha value is -2.21. The van der Waals surface area contributed by atoms with Crippen LogP contribution in [0.5, 0.6) is 0 Å². The molecule has 0 saturated heterocycles. The van der Waals surface area contributed by atoms with Crippen molar-refractivity contribution >= 4 is 19.0 Å². The van der Waals surface area contributed by atoms with Crippen molar-refractivity contribution in [1.29, 1.82) is 0 Å². The Balaban J connectivity index is 2.43. The zero-order chi connectivity index (χ0) is 17.2. The van der Waals surface area contributed by atoms with Gasteiger partial charge in [0.25, 0.3) is 5.69 Å². The minimum atomic E-state index is -4.57. The van der Waals surface area contributed by atoms with E-state index in [0.717, 1.165) is 5.56 Å². The summed E-state index contributed by atoms with van der Waals surface area (Å²) in [6, 6.07) is 11.1. The maximum absolute atomic E-state index is 11.8. The second-order valence-electron chi connectivity index (χ2n) is 5.31. The summed E-state index contributed by atoms with van der Waals surface area (Å²) in [5.74, 6) is -1.36. The van der Waals surface area contributed by atoms with E-state index in [1.807, 2.05) is 6.92 Å². The molecule has 0 amide bonds. The quantitative estimate of drug-likeness (QED) is 0.437. The summed E-state index contributed by atoms with van der Waals surface area (Å²) < 4.78 is 11.8. The van der Waals surface area contributed by atoms with Crippen LogP contribution in [0.25, 0.3) is 0 Å². The van der Waals surface area contributed by atoms with E-state index >= 15 is 0 Å². The van der Waals surface area contributed by atoms with E-state index in [1.54, 1.807) is 31.2 Å². The van der Waals surface area contributed by atoms with Crippen molar-refractivity contribution in [3.05, 3.63) is 69.3 Å². The average Bonchev–Trinajstić information content (AvgIpc) is 2.46. The molecular formula is C15H17N2O5P. The maximum atomic E-state index is 11.8. The molecule has 2 aromatic rings. The highest BCUT2D eigenvalue weighted by molar-refractivity contribution is 7.52. The average molecular weight is 336 g/mol. The number of anilines is 1. The van der Waals surface area contributed by atoms with Gasteiger partial charge in [-0.3, -0.25) is 14.7 Å². The molecule has 23 heavy (non-hydrogen) atoms. The number of aryl methyl sites for hydroxylation is 2. The van der Waals surface area contributed by atoms with Gasteiger partial charge in [-0.1, -0.05) is 29.8 Å². The van der Waals surface area contributed by atoms with E-state index in [2.05, 4.69) is 5.32 Å². The van der Waals surface area contributed by atoms with Gasteiger partial charge in [-0.2, -0.15) is 0 Å². The van der Waals surface area contributed by atoms with Crippen molar-refractivity contribution < 1.29 is 19.3 Å². The van der Waals surface area contributed by atoms with Gasteiger partial charge in [0.2, 0.25) is 0 Å². The van der Waals surface area contributed by atoms with E-state index < -0.39 is 18.3 Å². The summed E-state index contributed by atoms with van der Waals surface area (Å²) in [5, 5.41) is 13.8. The number of hydrogen-bond donors (Lipinski definition) is 3. The molecule has 122 valence electrons. The summed E-state index contributed by atoms with van der Waals surface area (Å²) in [4.78, 5) is 29.7. The van der Waals surface area contributed by atoms with Crippen LogP contribution in [0.2, 0.25) is 0 Å². The minimum absolute atomic E-state index is 0.163. The first kappa shape index (κ1) is 17.1. The van der Waals surface area contributed by atoms with Crippen LogP contribution < -0.4 is 5.32 Å². The van der Waals surface area contributed by atoms with E-state index in [1.165, 1.54) is 18.2 Å². The molecule has 2 aromatic carbocycles. The Labute approximate surface area is 133 Å². The van der Waals surface area contributed by atoms with Crippen LogP contribution in [0.15, 0.2) is 42.5 Å². The van der Waals surface area contributed by atoms with Crippen molar-refractivity contribution in [3.63, 3.8) is 0 Å². The normalized spacial score (nSPS) is 12.7. The third-order valence-corrected chi connectivity index (χ3v) is 4.54. The first-order chi connectivity index (χ1) is 10.7. The SMILES string of the molecule is Cc1ccc(N[C@@H](c2ccc(C)c([N+](=O)[O-])c2)P(=O)(O)O)cc1. The second-order valence-corrected chi connectivity index (χ2v) is 7.00. The molecule has 0 radical (unpaired) electrons. The highest BCUT2D eigenvalue weighted by Crippen LogP contribution is 2.52. The van der Waals surface area contributed by atoms with Gasteiger partial charge in [0.15, 0.2) is 5.78 Å².